The molecule has 29 heavy (non-hydrogen) atoms. The molecule has 2 aromatic carbocycles. The van der Waals surface area contributed by atoms with Crippen LogP contribution in [-0.4, -0.2) is 28.6 Å². The predicted octanol–water partition coefficient (Wildman–Crippen LogP) is 5.70. The van der Waals surface area contributed by atoms with E-state index < -0.39 is 0 Å². The maximum absolute atomic E-state index is 4.76. The number of anilines is 4. The molecule has 1 aliphatic rings. The molecule has 5 nitrogen and oxygen atoms in total. The van der Waals surface area contributed by atoms with Crippen molar-refractivity contribution < 1.29 is 0 Å². The second-order valence-corrected chi connectivity index (χ2v) is 8.57. The summed E-state index contributed by atoms with van der Waals surface area (Å²) in [7, 11) is 0. The Morgan fingerprint density at radius 1 is 0.862 bits per heavy atom. The number of benzene rings is 2. The highest BCUT2D eigenvalue weighted by Crippen LogP contribution is 2.26. The number of hydrogen-bond donors (Lipinski definition) is 2. The molecule has 5 heteroatoms. The van der Waals surface area contributed by atoms with Gasteiger partial charge < -0.3 is 15.5 Å². The molecule has 0 spiro atoms. The van der Waals surface area contributed by atoms with E-state index in [4.69, 9.17) is 9.97 Å². The predicted molar refractivity (Wildman–Crippen MR) is 122 cm³/mol. The molecular weight excluding hydrogens is 358 g/mol. The van der Waals surface area contributed by atoms with Crippen LogP contribution in [0.3, 0.4) is 0 Å². The molecule has 150 valence electrons. The first kappa shape index (κ1) is 19.2. The van der Waals surface area contributed by atoms with Crippen molar-refractivity contribution in [3.05, 3.63) is 60.7 Å². The highest BCUT2D eigenvalue weighted by molar-refractivity contribution is 5.67. The van der Waals surface area contributed by atoms with Crippen LogP contribution < -0.4 is 15.5 Å². The van der Waals surface area contributed by atoms with Crippen molar-refractivity contribution in [1.82, 2.24) is 9.97 Å². The van der Waals surface area contributed by atoms with Gasteiger partial charge in [-0.25, -0.2) is 4.98 Å². The number of aromatic nitrogens is 2. The summed E-state index contributed by atoms with van der Waals surface area (Å²) in [5.41, 5.74) is 4.14. The summed E-state index contributed by atoms with van der Waals surface area (Å²) in [6, 6.07) is 20.7. The smallest absolute Gasteiger partial charge is 0.229 e. The van der Waals surface area contributed by atoms with Crippen LogP contribution in [0.25, 0.3) is 11.3 Å². The van der Waals surface area contributed by atoms with Gasteiger partial charge in [-0.05, 0) is 57.9 Å². The molecule has 1 aliphatic heterocycles. The third-order valence-electron chi connectivity index (χ3n) is 4.89. The Kier molecular flexibility index (Phi) is 5.38. The third kappa shape index (κ3) is 5.05. The van der Waals surface area contributed by atoms with Gasteiger partial charge in [0.2, 0.25) is 5.95 Å². The van der Waals surface area contributed by atoms with E-state index in [-0.39, 0.29) is 5.54 Å². The molecule has 2 N–H and O–H groups in total. The zero-order valence-electron chi connectivity index (χ0n) is 17.4. The molecule has 2 heterocycles. The summed E-state index contributed by atoms with van der Waals surface area (Å²) in [6.07, 6.45) is 2.56. The van der Waals surface area contributed by atoms with E-state index in [9.17, 15) is 0 Å². The highest BCUT2D eigenvalue weighted by Gasteiger charge is 2.14. The van der Waals surface area contributed by atoms with Crippen LogP contribution in [0, 0.1) is 0 Å². The SMILES string of the molecule is CC(C)(C)Nc1cc(-c2ccccc2)nc(Nc2ccc(N3CCCC3)cc2)n1. The Hall–Kier alpha value is -3.08. The molecule has 0 saturated carbocycles. The lowest BCUT2D eigenvalue weighted by Gasteiger charge is -2.22. The van der Waals surface area contributed by atoms with Gasteiger partial charge in [0.05, 0.1) is 5.69 Å². The van der Waals surface area contributed by atoms with E-state index in [1.807, 2.05) is 24.3 Å². The van der Waals surface area contributed by atoms with Gasteiger partial charge in [0.1, 0.15) is 5.82 Å². The first-order chi connectivity index (χ1) is 14.0. The highest BCUT2D eigenvalue weighted by atomic mass is 15.2. The Morgan fingerprint density at radius 3 is 2.21 bits per heavy atom. The summed E-state index contributed by atoms with van der Waals surface area (Å²) < 4.78 is 0. The summed E-state index contributed by atoms with van der Waals surface area (Å²) in [4.78, 5) is 11.9. The summed E-state index contributed by atoms with van der Waals surface area (Å²) in [6.45, 7) is 8.68. The molecule has 0 atom stereocenters. The fraction of sp³-hybridized carbons (Fsp3) is 0.333. The monoisotopic (exact) mass is 387 g/mol. The van der Waals surface area contributed by atoms with Crippen LogP contribution in [0.5, 0.6) is 0 Å². The van der Waals surface area contributed by atoms with Crippen molar-refractivity contribution in [2.24, 2.45) is 0 Å². The summed E-state index contributed by atoms with van der Waals surface area (Å²) in [5.74, 6) is 1.40. The lowest BCUT2D eigenvalue weighted by molar-refractivity contribution is 0.630. The van der Waals surface area contributed by atoms with Gasteiger partial charge in [-0.1, -0.05) is 30.3 Å². The average Bonchev–Trinajstić information content (AvgIpc) is 3.23. The molecule has 0 aliphatic carbocycles. The van der Waals surface area contributed by atoms with Gasteiger partial charge in [0.25, 0.3) is 0 Å². The molecule has 1 aromatic heterocycles. The first-order valence-corrected chi connectivity index (χ1v) is 10.3. The van der Waals surface area contributed by atoms with Crippen molar-refractivity contribution in [2.45, 2.75) is 39.2 Å². The molecule has 0 amide bonds. The minimum atomic E-state index is -0.0864. The second kappa shape index (κ2) is 8.11. The Morgan fingerprint density at radius 2 is 1.55 bits per heavy atom. The van der Waals surface area contributed by atoms with E-state index in [2.05, 4.69) is 72.7 Å². The topological polar surface area (TPSA) is 53.1 Å². The number of hydrogen-bond acceptors (Lipinski definition) is 5. The van der Waals surface area contributed by atoms with Gasteiger partial charge in [-0.15, -0.1) is 0 Å². The molecular formula is C24H29N5. The van der Waals surface area contributed by atoms with E-state index in [0.29, 0.717) is 5.95 Å². The Bertz CT molecular complexity index is 939. The average molecular weight is 388 g/mol. The molecule has 0 unspecified atom stereocenters. The minimum Gasteiger partial charge on any atom is -0.372 e. The third-order valence-corrected chi connectivity index (χ3v) is 4.89. The summed E-state index contributed by atoms with van der Waals surface area (Å²) in [5, 5.41) is 6.84. The van der Waals surface area contributed by atoms with E-state index in [1.54, 1.807) is 0 Å². The van der Waals surface area contributed by atoms with Crippen molar-refractivity contribution in [3.8, 4) is 11.3 Å². The molecule has 1 fully saturated rings. The molecule has 0 bridgehead atoms. The van der Waals surface area contributed by atoms with Crippen LogP contribution in [-0.2, 0) is 0 Å². The van der Waals surface area contributed by atoms with Crippen LogP contribution in [0.1, 0.15) is 33.6 Å². The van der Waals surface area contributed by atoms with Crippen molar-refractivity contribution >= 4 is 23.1 Å². The molecule has 1 saturated heterocycles. The van der Waals surface area contributed by atoms with Gasteiger partial charge in [-0.3, -0.25) is 0 Å². The van der Waals surface area contributed by atoms with E-state index in [0.717, 1.165) is 35.9 Å². The molecule has 4 rings (SSSR count). The molecule has 3 aromatic rings. The maximum Gasteiger partial charge on any atom is 0.229 e. The van der Waals surface area contributed by atoms with Gasteiger partial charge in [0, 0.05) is 41.6 Å². The number of nitrogens with zero attached hydrogens (tertiary/aromatic N) is 3. The van der Waals surface area contributed by atoms with Crippen LogP contribution in [0.15, 0.2) is 60.7 Å². The quantitative estimate of drug-likeness (QED) is 0.588. The van der Waals surface area contributed by atoms with E-state index in [1.165, 1.54) is 18.5 Å². The first-order valence-electron chi connectivity index (χ1n) is 10.3. The van der Waals surface area contributed by atoms with Gasteiger partial charge in [-0.2, -0.15) is 4.98 Å². The zero-order valence-corrected chi connectivity index (χ0v) is 17.4. The number of rotatable bonds is 5. The van der Waals surface area contributed by atoms with Crippen molar-refractivity contribution in [2.75, 3.05) is 28.6 Å². The van der Waals surface area contributed by atoms with Crippen LogP contribution >= 0.6 is 0 Å². The Balaban J connectivity index is 1.60. The van der Waals surface area contributed by atoms with E-state index >= 15 is 0 Å². The largest absolute Gasteiger partial charge is 0.372 e. The van der Waals surface area contributed by atoms with Crippen molar-refractivity contribution in [1.29, 1.82) is 0 Å². The van der Waals surface area contributed by atoms with Crippen LogP contribution in [0.4, 0.5) is 23.1 Å². The lowest BCUT2D eigenvalue weighted by Crippen LogP contribution is -2.26. The lowest BCUT2D eigenvalue weighted by atomic mass is 10.1. The number of nitrogens with one attached hydrogen (secondary N) is 2. The standard InChI is InChI=1S/C24H29N5/c1-24(2,3)28-22-17-21(18-9-5-4-6-10-18)26-23(27-22)25-19-11-13-20(14-12-19)29-15-7-8-16-29/h4-6,9-14,17H,7-8,15-16H2,1-3H3,(H2,25,26,27,28). The maximum atomic E-state index is 4.76. The second-order valence-electron chi connectivity index (χ2n) is 8.57. The van der Waals surface area contributed by atoms with Crippen LogP contribution in [0.2, 0.25) is 0 Å². The van der Waals surface area contributed by atoms with Crippen molar-refractivity contribution in [3.63, 3.8) is 0 Å². The normalized spacial score (nSPS) is 14.1. The van der Waals surface area contributed by atoms with Gasteiger partial charge >= 0.3 is 0 Å². The van der Waals surface area contributed by atoms with Gasteiger partial charge in [0.15, 0.2) is 0 Å². The molecule has 0 radical (unpaired) electrons. The fourth-order valence-electron chi connectivity index (χ4n) is 3.57. The Labute approximate surface area is 173 Å². The zero-order chi connectivity index (χ0) is 20.3. The minimum absolute atomic E-state index is 0.0864. The summed E-state index contributed by atoms with van der Waals surface area (Å²) >= 11 is 0. The fourth-order valence-corrected chi connectivity index (χ4v) is 3.57.